The molecule has 27 heavy (non-hydrogen) atoms. The van der Waals surface area contributed by atoms with Crippen LogP contribution in [0.3, 0.4) is 0 Å². The van der Waals surface area contributed by atoms with E-state index in [0.717, 1.165) is 22.8 Å². The number of hydrogen-bond donors (Lipinski definition) is 2. The minimum Gasteiger partial charge on any atom is -0.478 e. The van der Waals surface area contributed by atoms with E-state index in [1.807, 2.05) is 18.2 Å². The van der Waals surface area contributed by atoms with E-state index in [1.165, 1.54) is 33.4 Å². The summed E-state index contributed by atoms with van der Waals surface area (Å²) in [4.78, 5) is 23.3. The van der Waals surface area contributed by atoms with Crippen molar-refractivity contribution >= 4 is 29.3 Å². The average molecular weight is 384 g/mol. The Morgan fingerprint density at radius 2 is 1.56 bits per heavy atom. The van der Waals surface area contributed by atoms with Crippen molar-refractivity contribution in [3.63, 3.8) is 0 Å². The number of carbonyl (C=O) groups is 2. The molecular formula is C22H25NO3S. The van der Waals surface area contributed by atoms with Gasteiger partial charge in [0.25, 0.3) is 0 Å². The Morgan fingerprint density at radius 1 is 0.963 bits per heavy atom. The monoisotopic (exact) mass is 383 g/mol. The lowest BCUT2D eigenvalue weighted by Crippen LogP contribution is -2.08. The number of benzene rings is 2. The van der Waals surface area contributed by atoms with Gasteiger partial charge in [-0.1, -0.05) is 6.07 Å². The van der Waals surface area contributed by atoms with Gasteiger partial charge in [-0.15, -0.1) is 11.8 Å². The molecule has 2 N–H and O–H groups in total. The topological polar surface area (TPSA) is 66.4 Å². The lowest BCUT2D eigenvalue weighted by atomic mass is 9.90. The van der Waals surface area contributed by atoms with Crippen LogP contribution < -0.4 is 5.32 Å². The first-order valence-corrected chi connectivity index (χ1v) is 9.70. The van der Waals surface area contributed by atoms with Gasteiger partial charge in [0.15, 0.2) is 0 Å². The number of hydrogen-bond acceptors (Lipinski definition) is 3. The van der Waals surface area contributed by atoms with Crippen LogP contribution in [0.2, 0.25) is 0 Å². The van der Waals surface area contributed by atoms with Crippen LogP contribution in [0.4, 0.5) is 5.69 Å². The van der Waals surface area contributed by atoms with E-state index in [0.29, 0.717) is 5.69 Å². The third-order valence-corrected chi connectivity index (χ3v) is 6.04. The summed E-state index contributed by atoms with van der Waals surface area (Å²) in [5.74, 6) is -0.754. The maximum Gasteiger partial charge on any atom is 0.328 e. The predicted octanol–water partition coefficient (Wildman–Crippen LogP) is 5.10. The van der Waals surface area contributed by atoms with Gasteiger partial charge in [0.05, 0.1) is 0 Å². The highest BCUT2D eigenvalue weighted by molar-refractivity contribution is 7.98. The van der Waals surface area contributed by atoms with E-state index < -0.39 is 11.9 Å². The van der Waals surface area contributed by atoms with Crippen molar-refractivity contribution in [1.29, 1.82) is 0 Å². The van der Waals surface area contributed by atoms with Crippen LogP contribution in [-0.2, 0) is 15.3 Å². The lowest BCUT2D eigenvalue weighted by molar-refractivity contribution is -0.131. The van der Waals surface area contributed by atoms with E-state index in [-0.39, 0.29) is 0 Å². The summed E-state index contributed by atoms with van der Waals surface area (Å²) >= 11 is 1.72. The maximum absolute atomic E-state index is 11.7. The van der Waals surface area contributed by atoms with Crippen LogP contribution in [0.25, 0.3) is 0 Å². The van der Waals surface area contributed by atoms with Gasteiger partial charge in [0.1, 0.15) is 0 Å². The molecule has 2 rings (SSSR count). The number of nitrogens with one attached hydrogen (secondary N) is 1. The number of thioether (sulfide) groups is 1. The Morgan fingerprint density at radius 3 is 2.15 bits per heavy atom. The second kappa shape index (κ2) is 8.91. The third-order valence-electron chi connectivity index (χ3n) is 5.02. The quantitative estimate of drug-likeness (QED) is 0.538. The zero-order chi connectivity index (χ0) is 20.1. The summed E-state index contributed by atoms with van der Waals surface area (Å²) in [6.07, 6.45) is 1.83. The molecule has 142 valence electrons. The van der Waals surface area contributed by atoms with Gasteiger partial charge in [0, 0.05) is 28.5 Å². The van der Waals surface area contributed by atoms with Crippen LogP contribution in [0.1, 0.15) is 33.4 Å². The molecule has 0 radical (unpaired) electrons. The maximum atomic E-state index is 11.7. The highest BCUT2D eigenvalue weighted by atomic mass is 32.2. The summed E-state index contributed by atoms with van der Waals surface area (Å²) in [5, 5.41) is 11.3. The molecular weight excluding hydrogens is 358 g/mol. The molecule has 0 bridgehead atoms. The van der Waals surface area contributed by atoms with Crippen molar-refractivity contribution in [3.8, 4) is 0 Å². The third kappa shape index (κ3) is 5.23. The summed E-state index contributed by atoms with van der Waals surface area (Å²) in [5.41, 5.74) is 8.74. The number of amides is 1. The summed E-state index contributed by atoms with van der Waals surface area (Å²) < 4.78 is 0. The molecule has 1 amide bonds. The smallest absolute Gasteiger partial charge is 0.328 e. The van der Waals surface area contributed by atoms with Crippen LogP contribution in [0.15, 0.2) is 41.3 Å². The average Bonchev–Trinajstić information content (AvgIpc) is 2.63. The van der Waals surface area contributed by atoms with Gasteiger partial charge in [0.2, 0.25) is 5.91 Å². The fraction of sp³-hybridized carbons (Fsp3) is 0.273. The second-order valence-corrected chi connectivity index (χ2v) is 7.63. The standard InChI is InChI=1S/C22H25NO3S/c1-13-14(2)16(4)20(17(5)15(13)3)12-27-19-8-6-7-18(11-19)23-21(24)9-10-22(25)26/h6-11H,12H2,1-5H3,(H,23,24)(H,25,26). The second-order valence-electron chi connectivity index (χ2n) is 6.58. The van der Waals surface area contributed by atoms with E-state index in [4.69, 9.17) is 5.11 Å². The molecule has 0 aliphatic rings. The summed E-state index contributed by atoms with van der Waals surface area (Å²) in [7, 11) is 0. The molecule has 0 atom stereocenters. The molecule has 0 spiro atoms. The van der Waals surface area contributed by atoms with Crippen molar-refractivity contribution in [2.75, 3.05) is 5.32 Å². The van der Waals surface area contributed by atoms with Crippen LogP contribution >= 0.6 is 11.8 Å². The first-order valence-electron chi connectivity index (χ1n) is 8.71. The first kappa shape index (κ1) is 20.8. The Balaban J connectivity index is 2.14. The SMILES string of the molecule is Cc1c(C)c(C)c(CSc2cccc(NC(=O)C=CC(=O)O)c2)c(C)c1C. The van der Waals surface area contributed by atoms with Crippen molar-refractivity contribution in [3.05, 3.63) is 69.8 Å². The van der Waals surface area contributed by atoms with E-state index in [1.54, 1.807) is 17.8 Å². The molecule has 0 aromatic heterocycles. The molecule has 0 unspecified atom stereocenters. The van der Waals surface area contributed by atoms with Crippen molar-refractivity contribution in [1.82, 2.24) is 0 Å². The van der Waals surface area contributed by atoms with Crippen LogP contribution in [0, 0.1) is 34.6 Å². The molecule has 0 aliphatic carbocycles. The van der Waals surface area contributed by atoms with E-state index in [2.05, 4.69) is 39.9 Å². The van der Waals surface area contributed by atoms with Crippen molar-refractivity contribution in [2.24, 2.45) is 0 Å². The number of rotatable bonds is 6. The molecule has 0 heterocycles. The van der Waals surface area contributed by atoms with Crippen LogP contribution in [0.5, 0.6) is 0 Å². The van der Waals surface area contributed by atoms with Gasteiger partial charge in [-0.3, -0.25) is 4.79 Å². The van der Waals surface area contributed by atoms with Crippen molar-refractivity contribution in [2.45, 2.75) is 45.3 Å². The number of carbonyl (C=O) groups excluding carboxylic acids is 1. The molecule has 5 heteroatoms. The molecule has 0 fully saturated rings. The zero-order valence-electron chi connectivity index (χ0n) is 16.3. The number of carboxylic acids is 1. The lowest BCUT2D eigenvalue weighted by Gasteiger charge is -2.18. The molecule has 2 aromatic carbocycles. The molecule has 0 saturated heterocycles. The molecule has 0 saturated carbocycles. The van der Waals surface area contributed by atoms with Gasteiger partial charge in [-0.2, -0.15) is 0 Å². The van der Waals surface area contributed by atoms with Gasteiger partial charge in [-0.05, 0) is 86.2 Å². The Labute approximate surface area is 164 Å². The number of aliphatic carboxylic acids is 1. The number of anilines is 1. The fourth-order valence-electron chi connectivity index (χ4n) is 2.94. The Bertz CT molecular complexity index is 887. The Hall–Kier alpha value is -2.53. The minimum absolute atomic E-state index is 0.462. The van der Waals surface area contributed by atoms with Gasteiger partial charge >= 0.3 is 5.97 Å². The number of carboxylic acid groups (broad SMARTS) is 1. The Kier molecular flexibility index (Phi) is 6.86. The van der Waals surface area contributed by atoms with Gasteiger partial charge in [-0.25, -0.2) is 4.79 Å². The predicted molar refractivity (Wildman–Crippen MR) is 112 cm³/mol. The summed E-state index contributed by atoms with van der Waals surface area (Å²) in [6.45, 7) is 10.9. The largest absolute Gasteiger partial charge is 0.478 e. The van der Waals surface area contributed by atoms with Gasteiger partial charge < -0.3 is 10.4 Å². The van der Waals surface area contributed by atoms with Crippen LogP contribution in [-0.4, -0.2) is 17.0 Å². The van der Waals surface area contributed by atoms with E-state index >= 15 is 0 Å². The first-order chi connectivity index (χ1) is 12.7. The molecule has 0 aliphatic heterocycles. The van der Waals surface area contributed by atoms with E-state index in [9.17, 15) is 9.59 Å². The molecule has 4 nitrogen and oxygen atoms in total. The fourth-order valence-corrected chi connectivity index (χ4v) is 4.07. The molecule has 2 aromatic rings. The highest BCUT2D eigenvalue weighted by Crippen LogP contribution is 2.32. The normalized spacial score (nSPS) is 11.0. The minimum atomic E-state index is -1.15. The summed E-state index contributed by atoms with van der Waals surface area (Å²) in [6, 6.07) is 7.57. The zero-order valence-corrected chi connectivity index (χ0v) is 17.2. The van der Waals surface area contributed by atoms with Crippen molar-refractivity contribution < 1.29 is 14.7 Å². The highest BCUT2D eigenvalue weighted by Gasteiger charge is 2.12.